The van der Waals surface area contributed by atoms with Crippen LogP contribution in [0.3, 0.4) is 0 Å². The summed E-state index contributed by atoms with van der Waals surface area (Å²) in [5.74, 6) is 0.768. The maximum absolute atomic E-state index is 13.2. The Hall–Kier alpha value is -1.32. The van der Waals surface area contributed by atoms with Crippen LogP contribution in [0.15, 0.2) is 53.4 Å². The lowest BCUT2D eigenvalue weighted by Crippen LogP contribution is -2.33. The minimum Gasteiger partial charge on any atom is -0.313 e. The van der Waals surface area contributed by atoms with Crippen LogP contribution in [0.4, 0.5) is 4.39 Å². The standard InChI is InChI=1S/C18H22FNS/c1-3-20-17(11-15-9-7-14(2)8-10-15)13-21-18-6-4-5-16(19)12-18/h4-10,12,17,20H,3,11,13H2,1-2H3. The Bertz CT molecular complexity index is 553. The minimum absolute atomic E-state index is 0.168. The highest BCUT2D eigenvalue weighted by Crippen LogP contribution is 2.20. The zero-order chi connectivity index (χ0) is 15.1. The molecular weight excluding hydrogens is 281 g/mol. The molecule has 0 saturated carbocycles. The largest absolute Gasteiger partial charge is 0.313 e. The molecule has 3 heteroatoms. The van der Waals surface area contributed by atoms with Crippen LogP contribution in [-0.4, -0.2) is 18.3 Å². The van der Waals surface area contributed by atoms with Crippen LogP contribution in [0.5, 0.6) is 0 Å². The summed E-state index contributed by atoms with van der Waals surface area (Å²) in [7, 11) is 0. The first-order chi connectivity index (χ1) is 10.2. The molecule has 112 valence electrons. The van der Waals surface area contributed by atoms with E-state index >= 15 is 0 Å². The molecule has 1 unspecified atom stereocenters. The lowest BCUT2D eigenvalue weighted by atomic mass is 10.1. The Morgan fingerprint density at radius 3 is 2.57 bits per heavy atom. The zero-order valence-corrected chi connectivity index (χ0v) is 13.4. The third-order valence-electron chi connectivity index (χ3n) is 3.34. The van der Waals surface area contributed by atoms with E-state index in [4.69, 9.17) is 0 Å². The molecule has 2 rings (SSSR count). The van der Waals surface area contributed by atoms with Gasteiger partial charge >= 0.3 is 0 Å². The van der Waals surface area contributed by atoms with Gasteiger partial charge in [0.2, 0.25) is 0 Å². The molecule has 0 aliphatic carbocycles. The summed E-state index contributed by atoms with van der Waals surface area (Å²) in [6.45, 7) is 5.17. The van der Waals surface area contributed by atoms with Crippen LogP contribution in [0, 0.1) is 12.7 Å². The van der Waals surface area contributed by atoms with Gasteiger partial charge in [0.15, 0.2) is 0 Å². The highest BCUT2D eigenvalue weighted by molar-refractivity contribution is 7.99. The first kappa shape index (κ1) is 16.1. The van der Waals surface area contributed by atoms with E-state index in [1.807, 2.05) is 6.07 Å². The third-order valence-corrected chi connectivity index (χ3v) is 4.50. The fraction of sp³-hybridized carbons (Fsp3) is 0.333. The second kappa shape index (κ2) is 8.20. The van der Waals surface area contributed by atoms with E-state index in [0.717, 1.165) is 23.6 Å². The van der Waals surface area contributed by atoms with Crippen LogP contribution in [0.1, 0.15) is 18.1 Å². The molecule has 0 aliphatic rings. The van der Waals surface area contributed by atoms with Crippen LogP contribution in [-0.2, 0) is 6.42 Å². The number of halogens is 1. The quantitative estimate of drug-likeness (QED) is 0.759. The lowest BCUT2D eigenvalue weighted by Gasteiger charge is -2.18. The van der Waals surface area contributed by atoms with E-state index in [1.165, 1.54) is 17.2 Å². The van der Waals surface area contributed by atoms with Gasteiger partial charge in [0.25, 0.3) is 0 Å². The fourth-order valence-corrected chi connectivity index (χ4v) is 3.24. The fourth-order valence-electron chi connectivity index (χ4n) is 2.24. The van der Waals surface area contributed by atoms with E-state index < -0.39 is 0 Å². The van der Waals surface area contributed by atoms with Gasteiger partial charge in [-0.05, 0) is 43.7 Å². The summed E-state index contributed by atoms with van der Waals surface area (Å²) < 4.78 is 13.2. The summed E-state index contributed by atoms with van der Waals surface area (Å²) in [6, 6.07) is 15.9. The summed E-state index contributed by atoms with van der Waals surface area (Å²) in [5.41, 5.74) is 2.62. The van der Waals surface area contributed by atoms with Gasteiger partial charge in [0.1, 0.15) is 5.82 Å². The van der Waals surface area contributed by atoms with Crippen molar-refractivity contribution >= 4 is 11.8 Å². The van der Waals surface area contributed by atoms with Crippen molar-refractivity contribution in [3.05, 3.63) is 65.5 Å². The maximum Gasteiger partial charge on any atom is 0.124 e. The van der Waals surface area contributed by atoms with Crippen molar-refractivity contribution in [2.45, 2.75) is 31.2 Å². The van der Waals surface area contributed by atoms with Crippen LogP contribution in [0.25, 0.3) is 0 Å². The number of hydrogen-bond acceptors (Lipinski definition) is 2. The molecular formula is C18H22FNS. The van der Waals surface area contributed by atoms with Gasteiger partial charge in [0.05, 0.1) is 0 Å². The van der Waals surface area contributed by atoms with E-state index in [1.54, 1.807) is 23.9 Å². The Kier molecular flexibility index (Phi) is 6.27. The Labute approximate surface area is 131 Å². The summed E-state index contributed by atoms with van der Waals surface area (Å²) >= 11 is 1.70. The molecule has 0 spiro atoms. The highest BCUT2D eigenvalue weighted by atomic mass is 32.2. The monoisotopic (exact) mass is 303 g/mol. The Balaban J connectivity index is 1.93. The topological polar surface area (TPSA) is 12.0 Å². The minimum atomic E-state index is -0.168. The highest BCUT2D eigenvalue weighted by Gasteiger charge is 2.09. The van der Waals surface area contributed by atoms with Crippen molar-refractivity contribution < 1.29 is 4.39 Å². The first-order valence-electron chi connectivity index (χ1n) is 7.34. The second-order valence-corrected chi connectivity index (χ2v) is 6.31. The number of likely N-dealkylation sites (N-methyl/N-ethyl adjacent to an activating group) is 1. The molecule has 21 heavy (non-hydrogen) atoms. The number of nitrogens with one attached hydrogen (secondary N) is 1. The summed E-state index contributed by atoms with van der Waals surface area (Å²) in [4.78, 5) is 0.988. The van der Waals surface area contributed by atoms with Crippen molar-refractivity contribution in [1.29, 1.82) is 0 Å². The van der Waals surface area contributed by atoms with E-state index in [2.05, 4.69) is 43.4 Å². The van der Waals surface area contributed by atoms with Crippen LogP contribution in [0.2, 0.25) is 0 Å². The molecule has 0 aromatic heterocycles. The maximum atomic E-state index is 13.2. The average Bonchev–Trinajstić information content (AvgIpc) is 2.47. The summed E-state index contributed by atoms with van der Waals surface area (Å²) in [6.07, 6.45) is 0.996. The molecule has 1 atom stereocenters. The molecule has 0 amide bonds. The van der Waals surface area contributed by atoms with E-state index in [-0.39, 0.29) is 5.82 Å². The molecule has 0 aliphatic heterocycles. The van der Waals surface area contributed by atoms with Gasteiger partial charge in [-0.25, -0.2) is 4.39 Å². The zero-order valence-electron chi connectivity index (χ0n) is 12.6. The third kappa shape index (κ3) is 5.52. The van der Waals surface area contributed by atoms with Gasteiger partial charge in [-0.3, -0.25) is 0 Å². The summed E-state index contributed by atoms with van der Waals surface area (Å²) in [5, 5.41) is 3.52. The Morgan fingerprint density at radius 1 is 1.14 bits per heavy atom. The van der Waals surface area contributed by atoms with Gasteiger partial charge in [-0.15, -0.1) is 11.8 Å². The Morgan fingerprint density at radius 2 is 1.90 bits per heavy atom. The molecule has 2 aromatic carbocycles. The van der Waals surface area contributed by atoms with Gasteiger partial charge in [-0.1, -0.05) is 42.8 Å². The number of thioether (sulfide) groups is 1. The first-order valence-corrected chi connectivity index (χ1v) is 8.33. The molecule has 0 saturated heterocycles. The molecule has 1 nitrogen and oxygen atoms in total. The second-order valence-electron chi connectivity index (χ2n) is 5.21. The molecule has 0 bridgehead atoms. The van der Waals surface area contributed by atoms with E-state index in [0.29, 0.717) is 6.04 Å². The average molecular weight is 303 g/mol. The normalized spacial score (nSPS) is 12.3. The molecule has 2 aromatic rings. The predicted octanol–water partition coefficient (Wildman–Crippen LogP) is 4.45. The van der Waals surface area contributed by atoms with Crippen molar-refractivity contribution in [3.8, 4) is 0 Å². The van der Waals surface area contributed by atoms with Gasteiger partial charge < -0.3 is 5.32 Å². The molecule has 0 radical (unpaired) electrons. The molecule has 1 N–H and O–H groups in total. The molecule has 0 fully saturated rings. The van der Waals surface area contributed by atoms with Gasteiger partial charge in [-0.2, -0.15) is 0 Å². The van der Waals surface area contributed by atoms with Crippen molar-refractivity contribution in [1.82, 2.24) is 5.32 Å². The van der Waals surface area contributed by atoms with Gasteiger partial charge in [0, 0.05) is 16.7 Å². The van der Waals surface area contributed by atoms with E-state index in [9.17, 15) is 4.39 Å². The SMILES string of the molecule is CCNC(CSc1cccc(F)c1)Cc1ccc(C)cc1. The smallest absolute Gasteiger partial charge is 0.124 e. The van der Waals surface area contributed by atoms with Crippen LogP contribution < -0.4 is 5.32 Å². The molecule has 0 heterocycles. The number of hydrogen-bond donors (Lipinski definition) is 1. The van der Waals surface area contributed by atoms with Crippen molar-refractivity contribution in [3.63, 3.8) is 0 Å². The lowest BCUT2D eigenvalue weighted by molar-refractivity contribution is 0.572. The van der Waals surface area contributed by atoms with Crippen LogP contribution >= 0.6 is 11.8 Å². The number of aryl methyl sites for hydroxylation is 1. The van der Waals surface area contributed by atoms with Crippen molar-refractivity contribution in [2.24, 2.45) is 0 Å². The van der Waals surface area contributed by atoms with Crippen molar-refractivity contribution in [2.75, 3.05) is 12.3 Å². The number of benzene rings is 2. The number of rotatable bonds is 7. The predicted molar refractivity (Wildman–Crippen MR) is 89.5 cm³/mol.